The quantitative estimate of drug-likeness (QED) is 0.0691. The Kier molecular flexibility index (Phi) is 11.7. The Morgan fingerprint density at radius 3 is 1.98 bits per heavy atom. The summed E-state index contributed by atoms with van der Waals surface area (Å²) in [6.45, 7) is 13.3. The van der Waals surface area contributed by atoms with Crippen molar-refractivity contribution < 1.29 is 19.1 Å². The fourth-order valence-corrected chi connectivity index (χ4v) is 10.8. The molecule has 8 aromatic rings. The predicted octanol–water partition coefficient (Wildman–Crippen LogP) is 13.3. The van der Waals surface area contributed by atoms with Crippen LogP contribution in [-0.2, 0) is 6.54 Å². The number of pyridine rings is 1. The van der Waals surface area contributed by atoms with Crippen LogP contribution >= 0.6 is 11.6 Å². The van der Waals surface area contributed by atoms with E-state index in [4.69, 9.17) is 36.0 Å². The van der Waals surface area contributed by atoms with Gasteiger partial charge in [0.1, 0.15) is 29.1 Å². The largest absolute Gasteiger partial charge is 0.872 e. The van der Waals surface area contributed by atoms with E-state index in [0.29, 0.717) is 34.3 Å². The third kappa shape index (κ3) is 8.57. The Morgan fingerprint density at radius 1 is 0.773 bits per heavy atom. The average molecular weight is 890 g/mol. The van der Waals surface area contributed by atoms with Crippen LogP contribution in [0.1, 0.15) is 50.8 Å². The van der Waals surface area contributed by atoms with Gasteiger partial charge < -0.3 is 19.1 Å². The molecule has 66 heavy (non-hydrogen) atoms. The van der Waals surface area contributed by atoms with E-state index in [1.54, 1.807) is 12.1 Å². The molecule has 6 aromatic carbocycles. The molecule has 3 saturated heterocycles. The fraction of sp³-hybridized carbons (Fsp3) is 0.224. The average Bonchev–Trinajstić information content (AvgIpc) is 3.34. The van der Waals surface area contributed by atoms with E-state index in [9.17, 15) is 5.11 Å². The van der Waals surface area contributed by atoms with Crippen molar-refractivity contribution in [1.29, 1.82) is 0 Å². The van der Waals surface area contributed by atoms with Gasteiger partial charge in [0.25, 0.3) is 0 Å². The minimum absolute atomic E-state index is 0.0794. The van der Waals surface area contributed by atoms with Gasteiger partial charge in [-0.2, -0.15) is 4.98 Å². The third-order valence-electron chi connectivity index (χ3n) is 13.5. The molecular formula is C58H53ClN4O3. The second-order valence-electron chi connectivity index (χ2n) is 18.9. The molecule has 0 saturated carbocycles. The number of hydrogen-bond acceptors (Lipinski definition) is 6. The first kappa shape index (κ1) is 43.1. The highest BCUT2D eigenvalue weighted by Crippen LogP contribution is 2.51. The summed E-state index contributed by atoms with van der Waals surface area (Å²) in [5.74, 6) is 2.33. The second kappa shape index (κ2) is 17.9. The van der Waals surface area contributed by atoms with Crippen LogP contribution in [0.25, 0.3) is 55.7 Å². The summed E-state index contributed by atoms with van der Waals surface area (Å²) in [7, 11) is 0. The van der Waals surface area contributed by atoms with Crippen LogP contribution in [0.5, 0.6) is 17.4 Å². The third-order valence-corrected chi connectivity index (χ3v) is 13.7. The summed E-state index contributed by atoms with van der Waals surface area (Å²) >= 11 is 7.26. The lowest BCUT2D eigenvalue weighted by atomic mass is 9.71. The number of halogens is 1. The van der Waals surface area contributed by atoms with Crippen LogP contribution in [0.3, 0.4) is 0 Å². The van der Waals surface area contributed by atoms with Gasteiger partial charge in [-0.05, 0) is 67.6 Å². The molecule has 7 nitrogen and oxygen atoms in total. The highest BCUT2D eigenvalue weighted by molar-refractivity contribution is 6.32. The van der Waals surface area contributed by atoms with Crippen molar-refractivity contribution in [2.45, 2.75) is 57.9 Å². The standard InChI is InChI=1S/C58H53ClN4O3/c1-5-39-37-63(36-38-32-47(40-18-10-6-11-19-40)53(66-58(2,3)4)48(33-38)41-20-12-7-13-21-41)31-29-44(39)34-51(63)54(46-28-30-60-50-27-26-45(64)35-49(46)50)65-57-52(42-22-14-8-15-23-42)55(59)61-56(62-57)43-24-16-9-17-25-43/h5-28,30,32-33,35,39,44,51,54H,1,29,31,34,36-37H2,2-4H3/t39-,44-,51+,54-,63?/m0/s1. The van der Waals surface area contributed by atoms with Crippen molar-refractivity contribution >= 4 is 22.5 Å². The van der Waals surface area contributed by atoms with Crippen molar-refractivity contribution in [1.82, 2.24) is 15.0 Å². The van der Waals surface area contributed by atoms with Crippen LogP contribution in [-0.4, -0.2) is 44.2 Å². The van der Waals surface area contributed by atoms with Crippen molar-refractivity contribution in [3.05, 3.63) is 193 Å². The molecule has 1 unspecified atom stereocenters. The molecule has 0 N–H and O–H groups in total. The van der Waals surface area contributed by atoms with Crippen molar-refractivity contribution in [3.8, 4) is 62.1 Å². The van der Waals surface area contributed by atoms with Crippen LogP contribution in [0.15, 0.2) is 177 Å². The molecule has 8 heteroatoms. The van der Waals surface area contributed by atoms with Gasteiger partial charge in [0.2, 0.25) is 5.88 Å². The lowest BCUT2D eigenvalue weighted by Gasteiger charge is -2.58. The number of nitrogens with zero attached hydrogens (tertiary/aromatic N) is 4. The van der Waals surface area contributed by atoms with E-state index in [1.807, 2.05) is 79.0 Å². The zero-order chi connectivity index (χ0) is 45.4. The molecule has 3 aliphatic heterocycles. The Labute approximate surface area is 392 Å². The van der Waals surface area contributed by atoms with Crippen LogP contribution in [0, 0.1) is 11.8 Å². The number of aromatic nitrogens is 3. The van der Waals surface area contributed by atoms with Gasteiger partial charge in [-0.3, -0.25) is 4.98 Å². The molecule has 0 amide bonds. The summed E-state index contributed by atoms with van der Waals surface area (Å²) in [6, 6.07) is 52.7. The highest BCUT2D eigenvalue weighted by atomic mass is 35.5. The Hall–Kier alpha value is -6.80. The molecule has 330 valence electrons. The van der Waals surface area contributed by atoms with E-state index >= 15 is 0 Å². The minimum atomic E-state index is -0.575. The van der Waals surface area contributed by atoms with Crippen LogP contribution in [0.4, 0.5) is 0 Å². The first-order valence-corrected chi connectivity index (χ1v) is 23.3. The number of piperidine rings is 3. The van der Waals surface area contributed by atoms with Gasteiger partial charge in [0, 0.05) is 58.2 Å². The number of fused-ring (bicyclic) bond motifs is 4. The summed E-state index contributed by atoms with van der Waals surface area (Å²) < 4.78 is 15.3. The normalized spacial score (nSPS) is 19.6. The zero-order valence-corrected chi connectivity index (χ0v) is 38.4. The summed E-state index contributed by atoms with van der Waals surface area (Å²) in [5, 5.41) is 14.3. The SMILES string of the molecule is C=C[C@H]1C[N+]2(Cc3cc(-c4ccccc4)c(OC(C)(C)C)c(-c4ccccc4)c3)CC[C@H]1C[C@@H]2[C@@H](Oc1nc(-c2ccccc2)nc(Cl)c1-c1ccccc1)c1ccnc2ccc([O-])cc12. The number of hydrogen-bond donors (Lipinski definition) is 0. The van der Waals surface area contributed by atoms with Gasteiger partial charge in [0.05, 0.1) is 24.2 Å². The van der Waals surface area contributed by atoms with E-state index in [0.717, 1.165) is 92.6 Å². The van der Waals surface area contributed by atoms with E-state index in [2.05, 4.69) is 106 Å². The lowest BCUT2D eigenvalue weighted by molar-refractivity contribution is -0.984. The maximum Gasteiger partial charge on any atom is 0.227 e. The van der Waals surface area contributed by atoms with Gasteiger partial charge in [-0.15, -0.1) is 12.3 Å². The molecule has 3 aliphatic rings. The smallest absolute Gasteiger partial charge is 0.227 e. The molecule has 3 fully saturated rings. The molecule has 11 rings (SSSR count). The van der Waals surface area contributed by atoms with Crippen LogP contribution in [0.2, 0.25) is 5.15 Å². The molecule has 2 bridgehead atoms. The minimum Gasteiger partial charge on any atom is -0.872 e. The van der Waals surface area contributed by atoms with Crippen molar-refractivity contribution in [2.24, 2.45) is 11.8 Å². The van der Waals surface area contributed by atoms with Crippen molar-refractivity contribution in [2.75, 3.05) is 13.1 Å². The first-order valence-electron chi connectivity index (χ1n) is 22.9. The van der Waals surface area contributed by atoms with Gasteiger partial charge in [-0.25, -0.2) is 4.98 Å². The maximum atomic E-state index is 13.3. The van der Waals surface area contributed by atoms with Gasteiger partial charge >= 0.3 is 0 Å². The molecule has 0 radical (unpaired) electrons. The number of quaternary nitrogens is 1. The molecule has 5 atom stereocenters. The Balaban J connectivity index is 1.19. The molecule has 0 aliphatic carbocycles. The molecule has 2 aromatic heterocycles. The summed E-state index contributed by atoms with van der Waals surface area (Å²) in [4.78, 5) is 14.8. The summed E-state index contributed by atoms with van der Waals surface area (Å²) in [6.07, 6.45) is 5.35. The monoisotopic (exact) mass is 888 g/mol. The Bertz CT molecular complexity index is 2960. The fourth-order valence-electron chi connectivity index (χ4n) is 10.5. The van der Waals surface area contributed by atoms with E-state index in [1.165, 1.54) is 5.56 Å². The van der Waals surface area contributed by atoms with E-state index < -0.39 is 11.7 Å². The van der Waals surface area contributed by atoms with E-state index in [-0.39, 0.29) is 11.8 Å². The number of benzene rings is 6. The lowest BCUT2D eigenvalue weighted by Crippen LogP contribution is -2.68. The number of rotatable bonds is 12. The zero-order valence-electron chi connectivity index (χ0n) is 37.6. The van der Waals surface area contributed by atoms with Gasteiger partial charge in [-0.1, -0.05) is 151 Å². The Morgan fingerprint density at radius 2 is 1.38 bits per heavy atom. The topological polar surface area (TPSA) is 80.2 Å². The predicted molar refractivity (Wildman–Crippen MR) is 264 cm³/mol. The maximum absolute atomic E-state index is 13.3. The summed E-state index contributed by atoms with van der Waals surface area (Å²) in [5.41, 5.74) is 8.95. The highest BCUT2D eigenvalue weighted by Gasteiger charge is 2.55. The van der Waals surface area contributed by atoms with Crippen LogP contribution < -0.4 is 14.6 Å². The van der Waals surface area contributed by atoms with Gasteiger partial charge in [0.15, 0.2) is 11.9 Å². The molecule has 5 heterocycles. The molecule has 0 spiro atoms. The molecular weight excluding hydrogens is 836 g/mol. The number of ether oxygens (including phenoxy) is 2. The van der Waals surface area contributed by atoms with Crippen molar-refractivity contribution in [3.63, 3.8) is 0 Å². The second-order valence-corrected chi connectivity index (χ2v) is 19.2. The first-order chi connectivity index (χ1) is 32.1.